The van der Waals surface area contributed by atoms with Crippen molar-refractivity contribution in [2.75, 3.05) is 0 Å². The van der Waals surface area contributed by atoms with Crippen molar-refractivity contribution in [3.63, 3.8) is 0 Å². The maximum absolute atomic E-state index is 11.7. The molecule has 3 rings (SSSR count). The first-order chi connectivity index (χ1) is 9.33. The molecule has 0 aliphatic heterocycles. The van der Waals surface area contributed by atoms with Gasteiger partial charge in [0.05, 0.1) is 11.8 Å². The summed E-state index contributed by atoms with van der Waals surface area (Å²) in [5.41, 5.74) is 1.91. The number of hydrogen-bond donors (Lipinski definition) is 0. The van der Waals surface area contributed by atoms with Crippen LogP contribution in [0.25, 0.3) is 22.7 Å². The third-order valence-corrected chi connectivity index (χ3v) is 2.76. The second kappa shape index (κ2) is 4.90. The Morgan fingerprint density at radius 3 is 2.00 bits per heavy atom. The van der Waals surface area contributed by atoms with Crippen LogP contribution in [0.1, 0.15) is 0 Å². The first-order valence-corrected chi connectivity index (χ1v) is 5.96. The normalized spacial score (nSPS) is 10.3. The van der Waals surface area contributed by atoms with Gasteiger partial charge in [-0.15, -0.1) is 0 Å². The van der Waals surface area contributed by atoms with Crippen LogP contribution in [0.3, 0.4) is 0 Å². The number of nitrogens with zero attached hydrogens (tertiary/aromatic N) is 1. The number of aromatic nitrogens is 1. The summed E-state index contributed by atoms with van der Waals surface area (Å²) in [6.07, 6.45) is 0. The van der Waals surface area contributed by atoms with Crippen molar-refractivity contribution < 1.29 is 4.42 Å². The SMILES string of the molecule is O=c1cc(-c2ccccc2)nc(-c2ccccc2)o1. The van der Waals surface area contributed by atoms with Gasteiger partial charge in [0, 0.05) is 11.1 Å². The molecule has 2 aromatic carbocycles. The minimum atomic E-state index is -0.396. The Balaban J connectivity index is 2.15. The average molecular weight is 249 g/mol. The second-order valence-electron chi connectivity index (χ2n) is 4.10. The Labute approximate surface area is 110 Å². The number of hydrogen-bond acceptors (Lipinski definition) is 3. The maximum atomic E-state index is 11.7. The van der Waals surface area contributed by atoms with Crippen LogP contribution in [0.5, 0.6) is 0 Å². The Hall–Kier alpha value is -2.68. The molecule has 0 aliphatic rings. The first-order valence-electron chi connectivity index (χ1n) is 5.96. The standard InChI is InChI=1S/C16H11NO2/c18-15-11-14(12-7-3-1-4-8-12)17-16(19-15)13-9-5-2-6-10-13/h1-11H. The van der Waals surface area contributed by atoms with Gasteiger partial charge in [-0.25, -0.2) is 9.78 Å². The minimum absolute atomic E-state index is 0.340. The molecule has 0 amide bonds. The number of rotatable bonds is 2. The van der Waals surface area contributed by atoms with Gasteiger partial charge < -0.3 is 4.42 Å². The zero-order chi connectivity index (χ0) is 13.1. The van der Waals surface area contributed by atoms with E-state index in [-0.39, 0.29) is 0 Å². The topological polar surface area (TPSA) is 43.1 Å². The minimum Gasteiger partial charge on any atom is -0.404 e. The Morgan fingerprint density at radius 2 is 1.37 bits per heavy atom. The third kappa shape index (κ3) is 2.45. The molecule has 0 saturated carbocycles. The van der Waals surface area contributed by atoms with Crippen molar-refractivity contribution in [1.29, 1.82) is 0 Å². The highest BCUT2D eigenvalue weighted by Gasteiger charge is 2.07. The lowest BCUT2D eigenvalue weighted by Gasteiger charge is -2.03. The van der Waals surface area contributed by atoms with Gasteiger partial charge in [-0.3, -0.25) is 0 Å². The van der Waals surface area contributed by atoms with Crippen molar-refractivity contribution in [3.8, 4) is 22.7 Å². The van der Waals surface area contributed by atoms with Crippen LogP contribution in [0.2, 0.25) is 0 Å². The van der Waals surface area contributed by atoms with E-state index in [4.69, 9.17) is 4.42 Å². The van der Waals surface area contributed by atoms with Crippen molar-refractivity contribution in [3.05, 3.63) is 77.2 Å². The summed E-state index contributed by atoms with van der Waals surface area (Å²) in [6.45, 7) is 0. The highest BCUT2D eigenvalue weighted by molar-refractivity contribution is 5.62. The lowest BCUT2D eigenvalue weighted by molar-refractivity contribution is 0.508. The maximum Gasteiger partial charge on any atom is 0.339 e. The molecule has 1 heterocycles. The molecule has 19 heavy (non-hydrogen) atoms. The van der Waals surface area contributed by atoms with E-state index in [0.29, 0.717) is 11.6 Å². The molecular weight excluding hydrogens is 238 g/mol. The summed E-state index contributed by atoms with van der Waals surface area (Å²) in [6, 6.07) is 20.4. The molecule has 1 aromatic heterocycles. The third-order valence-electron chi connectivity index (χ3n) is 2.76. The largest absolute Gasteiger partial charge is 0.404 e. The monoisotopic (exact) mass is 249 g/mol. The highest BCUT2D eigenvalue weighted by atomic mass is 16.4. The number of benzene rings is 2. The Kier molecular flexibility index (Phi) is 2.94. The van der Waals surface area contributed by atoms with E-state index in [1.807, 2.05) is 60.7 Å². The van der Waals surface area contributed by atoms with E-state index >= 15 is 0 Å². The smallest absolute Gasteiger partial charge is 0.339 e. The van der Waals surface area contributed by atoms with Crippen LogP contribution in [0.15, 0.2) is 75.9 Å². The molecular formula is C16H11NO2. The van der Waals surface area contributed by atoms with Crippen LogP contribution in [0.4, 0.5) is 0 Å². The van der Waals surface area contributed by atoms with Crippen molar-refractivity contribution in [2.24, 2.45) is 0 Å². The fourth-order valence-electron chi connectivity index (χ4n) is 1.86. The Morgan fingerprint density at radius 1 is 0.789 bits per heavy atom. The van der Waals surface area contributed by atoms with Crippen LogP contribution >= 0.6 is 0 Å². The van der Waals surface area contributed by atoms with Gasteiger partial charge >= 0.3 is 5.63 Å². The summed E-state index contributed by atoms with van der Waals surface area (Å²) in [7, 11) is 0. The van der Waals surface area contributed by atoms with Gasteiger partial charge in [0.1, 0.15) is 0 Å². The molecule has 0 radical (unpaired) electrons. The molecule has 0 fully saturated rings. The van der Waals surface area contributed by atoms with E-state index in [0.717, 1.165) is 11.1 Å². The van der Waals surface area contributed by atoms with Gasteiger partial charge in [0.15, 0.2) is 0 Å². The zero-order valence-electron chi connectivity index (χ0n) is 10.1. The van der Waals surface area contributed by atoms with E-state index in [2.05, 4.69) is 4.98 Å². The van der Waals surface area contributed by atoms with Crippen LogP contribution < -0.4 is 5.63 Å². The van der Waals surface area contributed by atoms with E-state index in [9.17, 15) is 4.79 Å². The predicted molar refractivity (Wildman–Crippen MR) is 73.6 cm³/mol. The molecule has 3 heteroatoms. The van der Waals surface area contributed by atoms with Gasteiger partial charge in [0.2, 0.25) is 5.89 Å². The van der Waals surface area contributed by atoms with Gasteiger partial charge in [-0.05, 0) is 12.1 Å². The Bertz CT molecular complexity index is 673. The van der Waals surface area contributed by atoms with Gasteiger partial charge in [-0.1, -0.05) is 48.5 Å². The first kappa shape index (κ1) is 11.4. The molecule has 0 atom stereocenters. The molecule has 0 aliphatic carbocycles. The lowest BCUT2D eigenvalue weighted by Crippen LogP contribution is -2.01. The lowest BCUT2D eigenvalue weighted by atomic mass is 10.1. The van der Waals surface area contributed by atoms with Crippen LogP contribution in [-0.4, -0.2) is 4.98 Å². The summed E-state index contributed by atoms with van der Waals surface area (Å²) < 4.78 is 5.16. The summed E-state index contributed by atoms with van der Waals surface area (Å²) in [5.74, 6) is 0.340. The molecule has 0 N–H and O–H groups in total. The summed E-state index contributed by atoms with van der Waals surface area (Å²) >= 11 is 0. The predicted octanol–water partition coefficient (Wildman–Crippen LogP) is 3.37. The van der Waals surface area contributed by atoms with Crippen LogP contribution in [0, 0.1) is 0 Å². The zero-order valence-corrected chi connectivity index (χ0v) is 10.1. The molecule has 92 valence electrons. The molecule has 0 saturated heterocycles. The molecule has 3 nitrogen and oxygen atoms in total. The molecule has 0 bridgehead atoms. The van der Waals surface area contributed by atoms with Gasteiger partial charge in [0.25, 0.3) is 0 Å². The summed E-state index contributed by atoms with van der Waals surface area (Å²) in [5, 5.41) is 0. The van der Waals surface area contributed by atoms with Gasteiger partial charge in [-0.2, -0.15) is 0 Å². The average Bonchev–Trinajstić information content (AvgIpc) is 2.48. The fourth-order valence-corrected chi connectivity index (χ4v) is 1.86. The highest BCUT2D eigenvalue weighted by Crippen LogP contribution is 2.20. The quantitative estimate of drug-likeness (QED) is 0.699. The van der Waals surface area contributed by atoms with Crippen molar-refractivity contribution in [2.45, 2.75) is 0 Å². The van der Waals surface area contributed by atoms with Crippen LogP contribution in [-0.2, 0) is 0 Å². The van der Waals surface area contributed by atoms with E-state index < -0.39 is 5.63 Å². The second-order valence-corrected chi connectivity index (χ2v) is 4.10. The van der Waals surface area contributed by atoms with Crippen molar-refractivity contribution >= 4 is 0 Å². The molecule has 3 aromatic rings. The summed E-state index contributed by atoms with van der Waals surface area (Å²) in [4.78, 5) is 16.1. The van der Waals surface area contributed by atoms with Crippen molar-refractivity contribution in [1.82, 2.24) is 4.98 Å². The molecule has 0 spiro atoms. The van der Waals surface area contributed by atoms with E-state index in [1.54, 1.807) is 0 Å². The molecule has 0 unspecified atom stereocenters. The fraction of sp³-hybridized carbons (Fsp3) is 0. The van der Waals surface area contributed by atoms with E-state index in [1.165, 1.54) is 6.07 Å².